The lowest BCUT2D eigenvalue weighted by Crippen LogP contribution is -2.39. The molecule has 0 aromatic heterocycles. The molecule has 1 fully saturated rings. The predicted molar refractivity (Wildman–Crippen MR) is 114 cm³/mol. The molecule has 1 aliphatic rings. The van der Waals surface area contributed by atoms with E-state index in [0.29, 0.717) is 40.8 Å². The number of nitriles is 1. The number of rotatable bonds is 5. The first kappa shape index (κ1) is 21.4. The van der Waals surface area contributed by atoms with E-state index in [1.807, 2.05) is 24.8 Å². The second kappa shape index (κ2) is 9.02. The van der Waals surface area contributed by atoms with E-state index in [9.17, 15) is 9.18 Å². The van der Waals surface area contributed by atoms with Crippen LogP contribution in [0.1, 0.15) is 31.4 Å². The summed E-state index contributed by atoms with van der Waals surface area (Å²) in [5.41, 5.74) is 1.85. The fraction of sp³-hybridized carbons (Fsp3) is 0.364. The molecule has 29 heavy (non-hydrogen) atoms. The van der Waals surface area contributed by atoms with Crippen molar-refractivity contribution in [2.24, 2.45) is 5.92 Å². The number of likely N-dealkylation sites (tertiary alicyclic amines) is 1. The Labute approximate surface area is 180 Å². The van der Waals surface area contributed by atoms with Crippen molar-refractivity contribution in [2.75, 3.05) is 18.0 Å². The largest absolute Gasteiger partial charge is 0.362 e. The average Bonchev–Trinajstić information content (AvgIpc) is 3.17. The van der Waals surface area contributed by atoms with Crippen LogP contribution in [-0.2, 0) is 11.3 Å². The molecule has 4 nitrogen and oxygen atoms in total. The summed E-state index contributed by atoms with van der Waals surface area (Å²) in [5.74, 6) is -0.302. The van der Waals surface area contributed by atoms with Gasteiger partial charge in [-0.25, -0.2) is 4.39 Å². The number of carbonyl (C=O) groups excluding carboxylic acids is 1. The number of hydrogen-bond donors (Lipinski definition) is 0. The number of anilines is 1. The van der Waals surface area contributed by atoms with Crippen molar-refractivity contribution in [2.45, 2.75) is 32.9 Å². The van der Waals surface area contributed by atoms with E-state index in [4.69, 9.17) is 28.5 Å². The maximum absolute atomic E-state index is 13.8. The highest BCUT2D eigenvalue weighted by Crippen LogP contribution is 2.31. The maximum Gasteiger partial charge on any atom is 0.225 e. The molecule has 7 heteroatoms. The van der Waals surface area contributed by atoms with Crippen LogP contribution in [0.15, 0.2) is 36.4 Å². The monoisotopic (exact) mass is 433 g/mol. The molecule has 0 bridgehead atoms. The van der Waals surface area contributed by atoms with Crippen LogP contribution in [0.25, 0.3) is 0 Å². The van der Waals surface area contributed by atoms with Crippen LogP contribution in [0.5, 0.6) is 0 Å². The van der Waals surface area contributed by atoms with Crippen molar-refractivity contribution in [1.82, 2.24) is 4.90 Å². The Balaban J connectivity index is 1.94. The molecule has 1 aliphatic heterocycles. The van der Waals surface area contributed by atoms with Crippen LogP contribution < -0.4 is 4.90 Å². The van der Waals surface area contributed by atoms with E-state index in [-0.39, 0.29) is 23.7 Å². The van der Waals surface area contributed by atoms with Crippen molar-refractivity contribution in [3.05, 3.63) is 63.4 Å². The zero-order chi connectivity index (χ0) is 21.1. The van der Waals surface area contributed by atoms with Gasteiger partial charge < -0.3 is 9.80 Å². The number of benzene rings is 2. The molecular formula is C22H22Cl2FN3O. The first-order chi connectivity index (χ1) is 13.8. The van der Waals surface area contributed by atoms with Crippen molar-refractivity contribution < 1.29 is 9.18 Å². The summed E-state index contributed by atoms with van der Waals surface area (Å²) in [6.45, 7) is 5.38. The van der Waals surface area contributed by atoms with E-state index in [1.165, 1.54) is 12.1 Å². The Morgan fingerprint density at radius 3 is 2.69 bits per heavy atom. The molecule has 0 unspecified atom stereocenters. The van der Waals surface area contributed by atoms with Gasteiger partial charge in [-0.15, -0.1) is 0 Å². The van der Waals surface area contributed by atoms with Crippen LogP contribution >= 0.6 is 23.2 Å². The maximum atomic E-state index is 13.8. The van der Waals surface area contributed by atoms with Gasteiger partial charge in [0.05, 0.1) is 10.6 Å². The van der Waals surface area contributed by atoms with Gasteiger partial charge in [0.25, 0.3) is 0 Å². The van der Waals surface area contributed by atoms with Gasteiger partial charge in [-0.2, -0.15) is 5.26 Å². The molecule has 2 aromatic carbocycles. The smallest absolute Gasteiger partial charge is 0.225 e. The van der Waals surface area contributed by atoms with Crippen molar-refractivity contribution in [3.63, 3.8) is 0 Å². The number of halogens is 3. The van der Waals surface area contributed by atoms with Crippen LogP contribution in [0.2, 0.25) is 10.0 Å². The molecule has 152 valence electrons. The van der Waals surface area contributed by atoms with Crippen LogP contribution in [-0.4, -0.2) is 29.9 Å². The van der Waals surface area contributed by atoms with E-state index < -0.39 is 0 Å². The zero-order valence-electron chi connectivity index (χ0n) is 16.3. The summed E-state index contributed by atoms with van der Waals surface area (Å²) in [7, 11) is 0. The lowest BCUT2D eigenvalue weighted by atomic mass is 10.1. The summed E-state index contributed by atoms with van der Waals surface area (Å²) in [4.78, 5) is 16.4. The summed E-state index contributed by atoms with van der Waals surface area (Å²) in [6.07, 6.45) is 0.781. The number of amides is 1. The molecule has 0 spiro atoms. The van der Waals surface area contributed by atoms with Gasteiger partial charge in [-0.3, -0.25) is 4.79 Å². The van der Waals surface area contributed by atoms with Crippen molar-refractivity contribution >= 4 is 34.8 Å². The third-order valence-corrected chi connectivity index (χ3v) is 5.84. The lowest BCUT2D eigenvalue weighted by molar-refractivity contribution is -0.133. The highest BCUT2D eigenvalue weighted by molar-refractivity contribution is 6.32. The molecule has 0 N–H and O–H groups in total. The molecule has 1 atom stereocenters. The SMILES string of the molecule is CC(C)C(=O)N1CC[C@H](N(Cc2cc(F)ccc2Cl)c2ccc(C#N)c(Cl)c2)C1. The van der Waals surface area contributed by atoms with Crippen LogP contribution in [0, 0.1) is 23.1 Å². The average molecular weight is 434 g/mol. The van der Waals surface area contributed by atoms with Gasteiger partial charge in [0, 0.05) is 42.3 Å². The highest BCUT2D eigenvalue weighted by atomic mass is 35.5. The molecule has 0 radical (unpaired) electrons. The van der Waals surface area contributed by atoms with E-state index >= 15 is 0 Å². The van der Waals surface area contributed by atoms with Crippen molar-refractivity contribution in [3.8, 4) is 6.07 Å². The Hall–Kier alpha value is -2.29. The molecule has 0 aliphatic carbocycles. The number of hydrogen-bond acceptors (Lipinski definition) is 3. The Kier molecular flexibility index (Phi) is 6.66. The second-order valence-corrected chi connectivity index (χ2v) is 8.34. The zero-order valence-corrected chi connectivity index (χ0v) is 17.8. The standard InChI is InChI=1S/C22H22Cl2FN3O/c1-14(2)22(29)27-8-7-19(13-27)28(12-16-9-17(25)4-6-20(16)23)18-5-3-15(11-26)21(24)10-18/h3-6,9-10,14,19H,7-8,12-13H2,1-2H3/t19-/m0/s1. The van der Waals surface area contributed by atoms with E-state index in [2.05, 4.69) is 11.0 Å². The van der Waals surface area contributed by atoms with Gasteiger partial charge in [0.15, 0.2) is 0 Å². The summed E-state index contributed by atoms with van der Waals surface area (Å²) in [5, 5.41) is 9.99. The Bertz CT molecular complexity index is 958. The van der Waals surface area contributed by atoms with Gasteiger partial charge >= 0.3 is 0 Å². The molecule has 2 aromatic rings. The topological polar surface area (TPSA) is 47.3 Å². The minimum atomic E-state index is -0.356. The molecule has 1 saturated heterocycles. The number of nitrogens with zero attached hydrogens (tertiary/aromatic N) is 3. The third kappa shape index (κ3) is 4.83. The normalized spacial score (nSPS) is 16.2. The quantitative estimate of drug-likeness (QED) is 0.645. The molecule has 0 saturated carbocycles. The minimum absolute atomic E-state index is 0.0287. The molecule has 3 rings (SSSR count). The van der Waals surface area contributed by atoms with E-state index in [1.54, 1.807) is 18.2 Å². The first-order valence-corrected chi connectivity index (χ1v) is 10.2. The van der Waals surface area contributed by atoms with Gasteiger partial charge in [-0.1, -0.05) is 37.0 Å². The Morgan fingerprint density at radius 1 is 1.28 bits per heavy atom. The Morgan fingerprint density at radius 2 is 2.03 bits per heavy atom. The van der Waals surface area contributed by atoms with Gasteiger partial charge in [-0.05, 0) is 48.4 Å². The molecular weight excluding hydrogens is 412 g/mol. The summed E-state index contributed by atoms with van der Waals surface area (Å²) >= 11 is 12.6. The predicted octanol–water partition coefficient (Wildman–Crippen LogP) is 5.27. The van der Waals surface area contributed by atoms with Crippen LogP contribution in [0.3, 0.4) is 0 Å². The van der Waals surface area contributed by atoms with Gasteiger partial charge in [0.2, 0.25) is 5.91 Å². The molecule has 1 heterocycles. The fourth-order valence-corrected chi connectivity index (χ4v) is 4.01. The number of carbonyl (C=O) groups is 1. The summed E-state index contributed by atoms with van der Waals surface area (Å²) in [6, 6.07) is 11.6. The first-order valence-electron chi connectivity index (χ1n) is 9.49. The minimum Gasteiger partial charge on any atom is -0.362 e. The van der Waals surface area contributed by atoms with Crippen molar-refractivity contribution in [1.29, 1.82) is 5.26 Å². The third-order valence-electron chi connectivity index (χ3n) is 5.16. The molecule has 1 amide bonds. The second-order valence-electron chi connectivity index (χ2n) is 7.52. The van der Waals surface area contributed by atoms with Gasteiger partial charge in [0.1, 0.15) is 11.9 Å². The van der Waals surface area contributed by atoms with Crippen LogP contribution in [0.4, 0.5) is 10.1 Å². The fourth-order valence-electron chi connectivity index (χ4n) is 3.61. The highest BCUT2D eigenvalue weighted by Gasteiger charge is 2.32. The lowest BCUT2D eigenvalue weighted by Gasteiger charge is -2.32. The summed E-state index contributed by atoms with van der Waals surface area (Å²) < 4.78 is 13.8. The van der Waals surface area contributed by atoms with E-state index in [0.717, 1.165) is 12.1 Å².